The fourth-order valence-electron chi connectivity index (χ4n) is 3.65. The molecule has 164 valence electrons. The Morgan fingerprint density at radius 3 is 2.81 bits per heavy atom. The van der Waals surface area contributed by atoms with Crippen molar-refractivity contribution >= 4 is 34.2 Å². The number of H-pyrrole nitrogens is 1. The summed E-state index contributed by atoms with van der Waals surface area (Å²) in [5.41, 5.74) is 9.65. The average Bonchev–Trinajstić information content (AvgIpc) is 3.13. The van der Waals surface area contributed by atoms with E-state index in [-0.39, 0.29) is 5.88 Å². The molecule has 1 atom stereocenters. The summed E-state index contributed by atoms with van der Waals surface area (Å²) in [6.45, 7) is 4.54. The van der Waals surface area contributed by atoms with Gasteiger partial charge in [0.1, 0.15) is 18.2 Å². The number of benzene rings is 2. The van der Waals surface area contributed by atoms with Gasteiger partial charge in [0.05, 0.1) is 16.1 Å². The first-order valence-electron chi connectivity index (χ1n) is 9.89. The third kappa shape index (κ3) is 4.10. The molecule has 2 heterocycles. The van der Waals surface area contributed by atoms with E-state index in [0.717, 1.165) is 26.0 Å². The first-order valence-corrected chi connectivity index (χ1v) is 11.3. The number of ether oxygens (including phenoxy) is 3. The fourth-order valence-corrected chi connectivity index (χ4v) is 4.63. The highest BCUT2D eigenvalue weighted by Gasteiger charge is 2.35. The molecule has 0 amide bonds. The zero-order valence-corrected chi connectivity index (χ0v) is 20.3. The van der Waals surface area contributed by atoms with Crippen LogP contribution in [0.1, 0.15) is 35.2 Å². The van der Waals surface area contributed by atoms with Crippen molar-refractivity contribution < 1.29 is 14.2 Å². The minimum atomic E-state index is -0.437. The monoisotopic (exact) mass is 562 g/mol. The first kappa shape index (κ1) is 22.3. The SMILES string of the molecule is CCOc1cc([C@H]2C(C#N)=C(N)Oc3n[nH]c(C)c32)cc(I)c1OCc1ccccc1Cl. The van der Waals surface area contributed by atoms with E-state index in [1.165, 1.54) is 0 Å². The molecule has 1 aliphatic rings. The van der Waals surface area contributed by atoms with Gasteiger partial charge in [0.25, 0.3) is 0 Å². The summed E-state index contributed by atoms with van der Waals surface area (Å²) in [6, 6.07) is 13.6. The molecule has 3 aromatic rings. The summed E-state index contributed by atoms with van der Waals surface area (Å²) in [6.07, 6.45) is 0. The number of nitrogens with zero attached hydrogens (tertiary/aromatic N) is 2. The second kappa shape index (κ2) is 9.30. The number of aromatic amines is 1. The summed E-state index contributed by atoms with van der Waals surface area (Å²) in [5.74, 6) is 1.17. The van der Waals surface area contributed by atoms with Gasteiger partial charge in [0.2, 0.25) is 11.8 Å². The predicted octanol–water partition coefficient (Wildman–Crippen LogP) is 5.17. The van der Waals surface area contributed by atoms with Gasteiger partial charge in [-0.25, -0.2) is 0 Å². The Bertz CT molecular complexity index is 1250. The number of halogens is 2. The van der Waals surface area contributed by atoms with E-state index in [1.54, 1.807) is 0 Å². The van der Waals surface area contributed by atoms with E-state index in [1.807, 2.05) is 50.2 Å². The van der Waals surface area contributed by atoms with Crippen molar-refractivity contribution in [1.29, 1.82) is 5.26 Å². The van der Waals surface area contributed by atoms with Crippen LogP contribution in [-0.4, -0.2) is 16.8 Å². The molecule has 2 aromatic carbocycles. The van der Waals surface area contributed by atoms with Gasteiger partial charge >= 0.3 is 0 Å². The molecule has 1 aliphatic heterocycles. The number of fused-ring (bicyclic) bond motifs is 1. The average molecular weight is 563 g/mol. The number of allylic oxidation sites excluding steroid dienone is 1. The fraction of sp³-hybridized carbons (Fsp3) is 0.217. The van der Waals surface area contributed by atoms with Crippen LogP contribution >= 0.6 is 34.2 Å². The molecule has 0 aliphatic carbocycles. The van der Waals surface area contributed by atoms with Crippen LogP contribution < -0.4 is 19.9 Å². The molecule has 4 rings (SSSR count). The van der Waals surface area contributed by atoms with Crippen LogP contribution in [0.25, 0.3) is 0 Å². The van der Waals surface area contributed by atoms with Crippen molar-refractivity contribution in [2.75, 3.05) is 6.61 Å². The third-order valence-corrected chi connectivity index (χ3v) is 6.29. The summed E-state index contributed by atoms with van der Waals surface area (Å²) in [7, 11) is 0. The summed E-state index contributed by atoms with van der Waals surface area (Å²) < 4.78 is 18.4. The molecule has 0 saturated carbocycles. The quantitative estimate of drug-likeness (QED) is 0.402. The summed E-state index contributed by atoms with van der Waals surface area (Å²) >= 11 is 8.48. The van der Waals surface area contributed by atoms with E-state index in [0.29, 0.717) is 41.2 Å². The number of aryl methyl sites for hydroxylation is 1. The highest BCUT2D eigenvalue weighted by molar-refractivity contribution is 14.1. The molecule has 9 heteroatoms. The van der Waals surface area contributed by atoms with Gasteiger partial charge in [-0.3, -0.25) is 5.10 Å². The first-order chi connectivity index (χ1) is 15.4. The molecule has 0 unspecified atom stereocenters. The number of hydrogen-bond acceptors (Lipinski definition) is 6. The van der Waals surface area contributed by atoms with Crippen LogP contribution in [0.15, 0.2) is 47.9 Å². The van der Waals surface area contributed by atoms with Crippen molar-refractivity contribution in [2.24, 2.45) is 5.73 Å². The molecule has 3 N–H and O–H groups in total. The maximum absolute atomic E-state index is 9.81. The molecule has 32 heavy (non-hydrogen) atoms. The molecule has 0 saturated heterocycles. The highest BCUT2D eigenvalue weighted by atomic mass is 127. The molecule has 0 fully saturated rings. The Balaban J connectivity index is 1.77. The van der Waals surface area contributed by atoms with Crippen molar-refractivity contribution in [1.82, 2.24) is 10.2 Å². The van der Waals surface area contributed by atoms with E-state index in [9.17, 15) is 5.26 Å². The number of nitrogens with two attached hydrogens (primary N) is 1. The lowest BCUT2D eigenvalue weighted by Crippen LogP contribution is -2.21. The molecule has 7 nitrogen and oxygen atoms in total. The van der Waals surface area contributed by atoms with Crippen LogP contribution in [0.2, 0.25) is 5.02 Å². The zero-order chi connectivity index (χ0) is 22.8. The van der Waals surface area contributed by atoms with Gasteiger partial charge in [0.15, 0.2) is 11.5 Å². The van der Waals surface area contributed by atoms with Crippen molar-refractivity contribution in [3.63, 3.8) is 0 Å². The minimum absolute atomic E-state index is 0.0449. The molecular weight excluding hydrogens is 543 g/mol. The minimum Gasteiger partial charge on any atom is -0.490 e. The molecule has 0 radical (unpaired) electrons. The molecular formula is C23H20ClIN4O3. The smallest absolute Gasteiger partial charge is 0.244 e. The Morgan fingerprint density at radius 2 is 2.09 bits per heavy atom. The van der Waals surface area contributed by atoms with Crippen LogP contribution in [0, 0.1) is 21.8 Å². The highest BCUT2D eigenvalue weighted by Crippen LogP contribution is 2.46. The standard InChI is InChI=1S/C23H20ClIN4O3/c1-3-30-18-9-14(8-17(25)21(18)31-11-13-6-4-5-7-16(13)24)20-15(10-26)22(27)32-23-19(20)12(2)28-29-23/h4-9,20H,3,11,27H2,1-2H3,(H,28,29)/t20-/m0/s1. The predicted molar refractivity (Wildman–Crippen MR) is 129 cm³/mol. The molecule has 1 aromatic heterocycles. The van der Waals surface area contributed by atoms with Crippen molar-refractivity contribution in [2.45, 2.75) is 26.4 Å². The number of aromatic nitrogens is 2. The van der Waals surface area contributed by atoms with Crippen LogP contribution in [0.4, 0.5) is 0 Å². The van der Waals surface area contributed by atoms with Gasteiger partial charge in [0, 0.05) is 21.8 Å². The Labute approximate surface area is 204 Å². The second-order valence-electron chi connectivity index (χ2n) is 7.14. The van der Waals surface area contributed by atoms with Crippen LogP contribution in [0.3, 0.4) is 0 Å². The Morgan fingerprint density at radius 1 is 1.31 bits per heavy atom. The van der Waals surface area contributed by atoms with E-state index >= 15 is 0 Å². The van der Waals surface area contributed by atoms with Crippen molar-refractivity contribution in [3.05, 3.63) is 78.8 Å². The maximum Gasteiger partial charge on any atom is 0.244 e. The van der Waals surface area contributed by atoms with Crippen LogP contribution in [-0.2, 0) is 6.61 Å². The lowest BCUT2D eigenvalue weighted by Gasteiger charge is -2.25. The number of nitrogens with one attached hydrogen (secondary N) is 1. The zero-order valence-electron chi connectivity index (χ0n) is 17.4. The van der Waals surface area contributed by atoms with Gasteiger partial charge < -0.3 is 19.9 Å². The summed E-state index contributed by atoms with van der Waals surface area (Å²) in [5, 5.41) is 17.5. The van der Waals surface area contributed by atoms with Gasteiger partial charge in [-0.05, 0) is 60.2 Å². The topological polar surface area (TPSA) is 106 Å². The second-order valence-corrected chi connectivity index (χ2v) is 8.70. The van der Waals surface area contributed by atoms with E-state index < -0.39 is 5.92 Å². The van der Waals surface area contributed by atoms with Crippen LogP contribution in [0.5, 0.6) is 17.4 Å². The van der Waals surface area contributed by atoms with Gasteiger partial charge in [-0.2, -0.15) is 5.26 Å². The Hall–Kier alpha value is -2.90. The largest absolute Gasteiger partial charge is 0.490 e. The number of nitriles is 1. The molecule has 0 bridgehead atoms. The molecule has 0 spiro atoms. The van der Waals surface area contributed by atoms with Crippen molar-refractivity contribution in [3.8, 4) is 23.4 Å². The summed E-state index contributed by atoms with van der Waals surface area (Å²) in [4.78, 5) is 0. The normalized spacial score (nSPS) is 15.0. The maximum atomic E-state index is 9.81. The lowest BCUT2D eigenvalue weighted by atomic mass is 9.84. The lowest BCUT2D eigenvalue weighted by molar-refractivity contribution is 0.267. The number of hydrogen-bond donors (Lipinski definition) is 2. The third-order valence-electron chi connectivity index (χ3n) is 5.12. The van der Waals surface area contributed by atoms with Gasteiger partial charge in [-0.1, -0.05) is 29.8 Å². The van der Waals surface area contributed by atoms with Gasteiger partial charge in [-0.15, -0.1) is 5.10 Å². The number of rotatable bonds is 6. The van der Waals surface area contributed by atoms with E-state index in [4.69, 9.17) is 31.5 Å². The van der Waals surface area contributed by atoms with E-state index in [2.05, 4.69) is 38.9 Å². The Kier molecular flexibility index (Phi) is 6.48.